The third-order valence-corrected chi connectivity index (χ3v) is 2.15. The normalized spacial score (nSPS) is 11.5. The molecule has 0 bridgehead atoms. The molecular formula is C11H11ClO. The van der Waals surface area contributed by atoms with Crippen LogP contribution in [0.2, 0.25) is 5.02 Å². The van der Waals surface area contributed by atoms with E-state index < -0.39 is 0 Å². The van der Waals surface area contributed by atoms with Crippen LogP contribution < -0.4 is 0 Å². The van der Waals surface area contributed by atoms with Crippen molar-refractivity contribution in [1.29, 1.82) is 0 Å². The molecule has 0 aliphatic rings. The summed E-state index contributed by atoms with van der Waals surface area (Å²) in [5.74, 6) is 0.0548. The fourth-order valence-electron chi connectivity index (χ4n) is 0.960. The summed E-state index contributed by atoms with van der Waals surface area (Å²) in [6, 6.07) is 6.91. The maximum Gasteiger partial charge on any atom is 0.188 e. The highest BCUT2D eigenvalue weighted by Gasteiger charge is 2.05. The van der Waals surface area contributed by atoms with Crippen molar-refractivity contribution in [2.24, 2.45) is 0 Å². The van der Waals surface area contributed by atoms with Crippen molar-refractivity contribution in [3.05, 3.63) is 46.5 Å². The fourth-order valence-corrected chi connectivity index (χ4v) is 1.09. The molecule has 0 heterocycles. The zero-order valence-corrected chi connectivity index (χ0v) is 8.43. The van der Waals surface area contributed by atoms with Gasteiger partial charge in [-0.15, -0.1) is 0 Å². The molecule has 0 N–H and O–H groups in total. The van der Waals surface area contributed by atoms with Gasteiger partial charge in [-0.25, -0.2) is 0 Å². The van der Waals surface area contributed by atoms with E-state index in [0.29, 0.717) is 10.6 Å². The molecule has 68 valence electrons. The summed E-state index contributed by atoms with van der Waals surface area (Å²) in [6.07, 6.45) is 1.80. The maximum absolute atomic E-state index is 11.6. The highest BCUT2D eigenvalue weighted by molar-refractivity contribution is 6.30. The molecule has 0 aromatic heterocycles. The van der Waals surface area contributed by atoms with Crippen molar-refractivity contribution in [2.75, 3.05) is 0 Å². The minimum absolute atomic E-state index is 0.0548. The highest BCUT2D eigenvalue weighted by atomic mass is 35.5. The van der Waals surface area contributed by atoms with Gasteiger partial charge in [0.15, 0.2) is 5.78 Å². The van der Waals surface area contributed by atoms with Crippen LogP contribution in [-0.2, 0) is 0 Å². The lowest BCUT2D eigenvalue weighted by molar-refractivity contribution is 0.103. The van der Waals surface area contributed by atoms with E-state index in [1.807, 2.05) is 6.92 Å². The molecule has 0 fully saturated rings. The van der Waals surface area contributed by atoms with E-state index in [-0.39, 0.29) is 5.78 Å². The Morgan fingerprint density at radius 3 is 2.31 bits per heavy atom. The summed E-state index contributed by atoms with van der Waals surface area (Å²) in [7, 11) is 0. The number of rotatable bonds is 2. The van der Waals surface area contributed by atoms with Crippen LogP contribution >= 0.6 is 11.6 Å². The highest BCUT2D eigenvalue weighted by Crippen LogP contribution is 2.12. The number of hydrogen-bond donors (Lipinski definition) is 0. The zero-order valence-electron chi connectivity index (χ0n) is 7.67. The predicted octanol–water partition coefficient (Wildman–Crippen LogP) is 3.49. The van der Waals surface area contributed by atoms with Crippen LogP contribution in [-0.4, -0.2) is 5.78 Å². The first-order valence-corrected chi connectivity index (χ1v) is 4.46. The van der Waals surface area contributed by atoms with Gasteiger partial charge >= 0.3 is 0 Å². The Bertz CT molecular complexity index is 336. The van der Waals surface area contributed by atoms with Crippen molar-refractivity contribution in [3.63, 3.8) is 0 Å². The molecular weight excluding hydrogens is 184 g/mol. The van der Waals surface area contributed by atoms with Crippen LogP contribution in [0.4, 0.5) is 0 Å². The van der Waals surface area contributed by atoms with Crippen LogP contribution in [0.25, 0.3) is 0 Å². The average Bonchev–Trinajstić information content (AvgIpc) is 2.17. The number of carbonyl (C=O) groups is 1. The molecule has 13 heavy (non-hydrogen) atoms. The van der Waals surface area contributed by atoms with Gasteiger partial charge in [0.1, 0.15) is 0 Å². The SMILES string of the molecule is C/C=C(\C)C(=O)c1ccc(Cl)cc1. The molecule has 1 aromatic carbocycles. The Morgan fingerprint density at radius 1 is 1.31 bits per heavy atom. The molecule has 0 atom stereocenters. The van der Waals surface area contributed by atoms with Crippen LogP contribution in [0.15, 0.2) is 35.9 Å². The molecule has 0 unspecified atom stereocenters. The number of halogens is 1. The van der Waals surface area contributed by atoms with Crippen LogP contribution in [0.5, 0.6) is 0 Å². The molecule has 0 amide bonds. The van der Waals surface area contributed by atoms with Crippen molar-refractivity contribution in [3.8, 4) is 0 Å². The maximum atomic E-state index is 11.6. The van der Waals surface area contributed by atoms with E-state index in [9.17, 15) is 4.79 Å². The number of benzene rings is 1. The second-order valence-electron chi connectivity index (χ2n) is 2.81. The van der Waals surface area contributed by atoms with E-state index in [2.05, 4.69) is 0 Å². The third kappa shape index (κ3) is 2.43. The molecule has 0 saturated heterocycles. The molecule has 0 saturated carbocycles. The summed E-state index contributed by atoms with van der Waals surface area (Å²) < 4.78 is 0. The van der Waals surface area contributed by atoms with Gasteiger partial charge in [-0.1, -0.05) is 17.7 Å². The quantitative estimate of drug-likeness (QED) is 0.520. The van der Waals surface area contributed by atoms with Crippen LogP contribution in [0, 0.1) is 0 Å². The molecule has 0 radical (unpaired) electrons. The van der Waals surface area contributed by atoms with E-state index in [1.165, 1.54) is 0 Å². The summed E-state index contributed by atoms with van der Waals surface area (Å²) in [5.41, 5.74) is 1.43. The molecule has 0 aliphatic heterocycles. The lowest BCUT2D eigenvalue weighted by Gasteiger charge is -1.99. The van der Waals surface area contributed by atoms with Gasteiger partial charge in [-0.3, -0.25) is 4.79 Å². The molecule has 0 spiro atoms. The number of carbonyl (C=O) groups excluding carboxylic acids is 1. The van der Waals surface area contributed by atoms with Crippen molar-refractivity contribution < 1.29 is 4.79 Å². The Balaban J connectivity index is 2.97. The largest absolute Gasteiger partial charge is 0.289 e. The monoisotopic (exact) mass is 194 g/mol. The Hall–Kier alpha value is -1.08. The molecule has 0 aliphatic carbocycles. The Morgan fingerprint density at radius 2 is 1.85 bits per heavy atom. The molecule has 1 rings (SSSR count). The Kier molecular flexibility index (Phi) is 3.26. The minimum Gasteiger partial charge on any atom is -0.289 e. The summed E-state index contributed by atoms with van der Waals surface area (Å²) >= 11 is 5.70. The summed E-state index contributed by atoms with van der Waals surface area (Å²) in [6.45, 7) is 3.65. The van der Waals surface area contributed by atoms with Crippen LogP contribution in [0.3, 0.4) is 0 Å². The minimum atomic E-state index is 0.0548. The van der Waals surface area contributed by atoms with Gasteiger partial charge < -0.3 is 0 Å². The first-order valence-electron chi connectivity index (χ1n) is 4.08. The molecule has 1 aromatic rings. The number of hydrogen-bond acceptors (Lipinski definition) is 1. The molecule has 1 nitrogen and oxygen atoms in total. The number of allylic oxidation sites excluding steroid dienone is 2. The second-order valence-corrected chi connectivity index (χ2v) is 3.24. The predicted molar refractivity (Wildman–Crippen MR) is 55.2 cm³/mol. The average molecular weight is 195 g/mol. The van der Waals surface area contributed by atoms with Gasteiger partial charge in [0.2, 0.25) is 0 Å². The van der Waals surface area contributed by atoms with E-state index in [0.717, 1.165) is 5.57 Å². The topological polar surface area (TPSA) is 17.1 Å². The third-order valence-electron chi connectivity index (χ3n) is 1.90. The van der Waals surface area contributed by atoms with E-state index in [4.69, 9.17) is 11.6 Å². The van der Waals surface area contributed by atoms with Gasteiger partial charge in [-0.2, -0.15) is 0 Å². The second kappa shape index (κ2) is 4.24. The zero-order chi connectivity index (χ0) is 9.84. The fraction of sp³-hybridized carbons (Fsp3) is 0.182. The lowest BCUT2D eigenvalue weighted by atomic mass is 10.1. The number of ketones is 1. The van der Waals surface area contributed by atoms with Gasteiger partial charge in [0, 0.05) is 10.6 Å². The van der Waals surface area contributed by atoms with Gasteiger partial charge in [-0.05, 0) is 43.7 Å². The first kappa shape index (κ1) is 10.0. The van der Waals surface area contributed by atoms with Crippen molar-refractivity contribution >= 4 is 17.4 Å². The van der Waals surface area contributed by atoms with E-state index >= 15 is 0 Å². The number of Topliss-reactive ketones (excluding diaryl/α,β-unsaturated/α-hetero) is 1. The smallest absolute Gasteiger partial charge is 0.188 e. The lowest BCUT2D eigenvalue weighted by Crippen LogP contribution is -1.99. The van der Waals surface area contributed by atoms with Crippen molar-refractivity contribution in [1.82, 2.24) is 0 Å². The van der Waals surface area contributed by atoms with E-state index in [1.54, 1.807) is 37.3 Å². The first-order chi connectivity index (χ1) is 6.15. The standard InChI is InChI=1S/C11H11ClO/c1-3-8(2)11(13)9-4-6-10(12)7-5-9/h3-7H,1-2H3/b8-3+. The summed E-state index contributed by atoms with van der Waals surface area (Å²) in [5, 5.41) is 0.648. The molecule has 2 heteroatoms. The van der Waals surface area contributed by atoms with Gasteiger partial charge in [0.05, 0.1) is 0 Å². The van der Waals surface area contributed by atoms with Crippen LogP contribution in [0.1, 0.15) is 24.2 Å². The Labute approximate surface area is 83.0 Å². The van der Waals surface area contributed by atoms with Gasteiger partial charge in [0.25, 0.3) is 0 Å². The summed E-state index contributed by atoms with van der Waals surface area (Å²) in [4.78, 5) is 11.6. The van der Waals surface area contributed by atoms with Crippen molar-refractivity contribution in [2.45, 2.75) is 13.8 Å².